The smallest absolute Gasteiger partial charge is 0.167 e. The molecule has 2 N–H and O–H groups in total. The summed E-state index contributed by atoms with van der Waals surface area (Å²) in [6.07, 6.45) is 0. The summed E-state index contributed by atoms with van der Waals surface area (Å²) < 4.78 is 32.1. The maximum Gasteiger partial charge on any atom is 0.167 e. The molecular weight excluding hydrogens is 304 g/mol. The van der Waals surface area contributed by atoms with Gasteiger partial charge in [-0.15, -0.1) is 0 Å². The highest BCUT2D eigenvalue weighted by atomic mass is 79.9. The van der Waals surface area contributed by atoms with Crippen LogP contribution in [0.15, 0.2) is 40.9 Å². The first-order valence-electron chi connectivity index (χ1n) is 5.18. The Balaban J connectivity index is 2.11. The molecule has 2 aromatic carbocycles. The Morgan fingerprint density at radius 3 is 2.56 bits per heavy atom. The molecule has 0 aromatic heterocycles. The molecule has 0 aliphatic heterocycles. The number of hydrogen-bond donors (Lipinski definition) is 1. The molecule has 0 unspecified atom stereocenters. The van der Waals surface area contributed by atoms with Crippen LogP contribution in [0.25, 0.3) is 0 Å². The van der Waals surface area contributed by atoms with Crippen LogP contribution in [-0.2, 0) is 6.61 Å². The van der Waals surface area contributed by atoms with Gasteiger partial charge in [0.05, 0.1) is 0 Å². The van der Waals surface area contributed by atoms with Gasteiger partial charge in [0.1, 0.15) is 12.4 Å². The Bertz CT molecular complexity index is 523. The Morgan fingerprint density at radius 1 is 1.11 bits per heavy atom. The summed E-state index contributed by atoms with van der Waals surface area (Å²) in [7, 11) is 0. The van der Waals surface area contributed by atoms with Crippen molar-refractivity contribution in [1.29, 1.82) is 0 Å². The van der Waals surface area contributed by atoms with Crippen molar-refractivity contribution in [3.8, 4) is 5.75 Å². The fraction of sp³-hybridized carbons (Fsp3) is 0.0769. The molecule has 0 fully saturated rings. The molecule has 0 bridgehead atoms. The largest absolute Gasteiger partial charge is 0.486 e. The zero-order valence-electron chi connectivity index (χ0n) is 9.29. The summed E-state index contributed by atoms with van der Waals surface area (Å²) in [6.45, 7) is 0.170. The van der Waals surface area contributed by atoms with Crippen LogP contribution in [0.2, 0.25) is 0 Å². The number of rotatable bonds is 3. The second-order valence-corrected chi connectivity index (χ2v) is 4.57. The van der Waals surface area contributed by atoms with Gasteiger partial charge in [0.2, 0.25) is 0 Å². The number of ether oxygens (including phenoxy) is 1. The van der Waals surface area contributed by atoms with Crippen molar-refractivity contribution < 1.29 is 13.5 Å². The van der Waals surface area contributed by atoms with E-state index in [2.05, 4.69) is 15.9 Å². The van der Waals surface area contributed by atoms with E-state index in [1.807, 2.05) is 0 Å². The normalized spacial score (nSPS) is 10.4. The third-order valence-corrected chi connectivity index (χ3v) is 3.09. The van der Waals surface area contributed by atoms with Crippen LogP contribution in [0.1, 0.15) is 5.56 Å². The van der Waals surface area contributed by atoms with Crippen molar-refractivity contribution in [2.75, 3.05) is 5.73 Å². The minimum atomic E-state index is -0.721. The van der Waals surface area contributed by atoms with E-state index in [4.69, 9.17) is 10.5 Å². The first-order valence-corrected chi connectivity index (χ1v) is 5.97. The van der Waals surface area contributed by atoms with E-state index in [0.29, 0.717) is 5.69 Å². The SMILES string of the molecule is Nc1ccc(COc2ccc(F)cc2F)c(Br)c1. The van der Waals surface area contributed by atoms with E-state index in [1.165, 1.54) is 6.07 Å². The van der Waals surface area contributed by atoms with Gasteiger partial charge in [-0.05, 0) is 24.3 Å². The van der Waals surface area contributed by atoms with Crippen molar-refractivity contribution in [2.24, 2.45) is 0 Å². The highest BCUT2D eigenvalue weighted by Crippen LogP contribution is 2.23. The maximum atomic E-state index is 13.3. The number of nitrogens with two attached hydrogens (primary N) is 1. The van der Waals surface area contributed by atoms with Crippen molar-refractivity contribution in [2.45, 2.75) is 6.61 Å². The third-order valence-electron chi connectivity index (χ3n) is 2.35. The molecule has 0 radical (unpaired) electrons. The van der Waals surface area contributed by atoms with Gasteiger partial charge in [0, 0.05) is 21.8 Å². The van der Waals surface area contributed by atoms with E-state index in [1.54, 1.807) is 18.2 Å². The van der Waals surface area contributed by atoms with Crippen LogP contribution in [0.3, 0.4) is 0 Å². The summed E-state index contributed by atoms with van der Waals surface area (Å²) >= 11 is 3.34. The molecule has 0 heterocycles. The van der Waals surface area contributed by atoms with Gasteiger partial charge < -0.3 is 10.5 Å². The van der Waals surface area contributed by atoms with Crippen LogP contribution in [0.5, 0.6) is 5.75 Å². The zero-order valence-corrected chi connectivity index (χ0v) is 10.9. The Hall–Kier alpha value is -1.62. The van der Waals surface area contributed by atoms with Gasteiger partial charge in [-0.25, -0.2) is 8.78 Å². The lowest BCUT2D eigenvalue weighted by Crippen LogP contribution is -1.99. The molecular formula is C13H10BrF2NO. The van der Waals surface area contributed by atoms with Gasteiger partial charge in [-0.3, -0.25) is 0 Å². The summed E-state index contributed by atoms with van der Waals surface area (Å²) in [5, 5.41) is 0. The molecule has 0 saturated carbocycles. The molecule has 94 valence electrons. The summed E-state index contributed by atoms with van der Waals surface area (Å²) in [4.78, 5) is 0. The van der Waals surface area contributed by atoms with E-state index in [9.17, 15) is 8.78 Å². The highest BCUT2D eigenvalue weighted by Gasteiger charge is 2.06. The Kier molecular flexibility index (Phi) is 3.81. The van der Waals surface area contributed by atoms with Gasteiger partial charge in [-0.2, -0.15) is 0 Å². The fourth-order valence-corrected chi connectivity index (χ4v) is 1.94. The summed E-state index contributed by atoms with van der Waals surface area (Å²) in [5.41, 5.74) is 7.05. The molecule has 0 amide bonds. The molecule has 0 atom stereocenters. The van der Waals surface area contributed by atoms with E-state index < -0.39 is 11.6 Å². The van der Waals surface area contributed by atoms with Crippen molar-refractivity contribution in [1.82, 2.24) is 0 Å². The van der Waals surface area contributed by atoms with Crippen LogP contribution in [0.4, 0.5) is 14.5 Å². The first-order chi connectivity index (χ1) is 8.56. The molecule has 2 aromatic rings. The second-order valence-electron chi connectivity index (χ2n) is 3.71. The predicted molar refractivity (Wildman–Crippen MR) is 69.2 cm³/mol. The highest BCUT2D eigenvalue weighted by molar-refractivity contribution is 9.10. The number of hydrogen-bond acceptors (Lipinski definition) is 2. The predicted octanol–water partition coefficient (Wildman–Crippen LogP) is 3.89. The van der Waals surface area contributed by atoms with Gasteiger partial charge in [0.15, 0.2) is 11.6 Å². The molecule has 5 heteroatoms. The monoisotopic (exact) mass is 313 g/mol. The number of halogens is 3. The standard InChI is InChI=1S/C13H10BrF2NO/c14-11-6-10(17)3-1-8(11)7-18-13-4-2-9(15)5-12(13)16/h1-6H,7,17H2. The zero-order chi connectivity index (χ0) is 13.1. The average molecular weight is 314 g/mol. The van der Waals surface area contributed by atoms with E-state index in [0.717, 1.165) is 22.2 Å². The minimum absolute atomic E-state index is 0.0140. The molecule has 0 aliphatic carbocycles. The Morgan fingerprint density at radius 2 is 1.89 bits per heavy atom. The first kappa shape index (κ1) is 12.8. The van der Waals surface area contributed by atoms with Crippen LogP contribution < -0.4 is 10.5 Å². The molecule has 0 aliphatic rings. The van der Waals surface area contributed by atoms with Gasteiger partial charge in [0.25, 0.3) is 0 Å². The van der Waals surface area contributed by atoms with E-state index in [-0.39, 0.29) is 12.4 Å². The van der Waals surface area contributed by atoms with Crippen molar-refractivity contribution in [3.05, 3.63) is 58.1 Å². The lowest BCUT2D eigenvalue weighted by Gasteiger charge is -2.09. The second kappa shape index (κ2) is 5.35. The minimum Gasteiger partial charge on any atom is -0.486 e. The summed E-state index contributed by atoms with van der Waals surface area (Å²) in [6, 6.07) is 8.44. The van der Waals surface area contributed by atoms with Crippen LogP contribution >= 0.6 is 15.9 Å². The fourth-order valence-electron chi connectivity index (χ4n) is 1.43. The summed E-state index contributed by atoms with van der Waals surface area (Å²) in [5.74, 6) is -1.34. The Labute approximate surface area is 112 Å². The van der Waals surface area contributed by atoms with Gasteiger partial charge in [-0.1, -0.05) is 22.0 Å². The quantitative estimate of drug-likeness (QED) is 0.873. The van der Waals surface area contributed by atoms with Crippen molar-refractivity contribution >= 4 is 21.6 Å². The molecule has 0 spiro atoms. The van der Waals surface area contributed by atoms with Crippen LogP contribution in [-0.4, -0.2) is 0 Å². The number of benzene rings is 2. The topological polar surface area (TPSA) is 35.2 Å². The number of nitrogen functional groups attached to an aromatic ring is 1. The molecule has 0 saturated heterocycles. The van der Waals surface area contributed by atoms with E-state index >= 15 is 0 Å². The molecule has 2 rings (SSSR count). The van der Waals surface area contributed by atoms with Gasteiger partial charge >= 0.3 is 0 Å². The lowest BCUT2D eigenvalue weighted by molar-refractivity contribution is 0.288. The lowest BCUT2D eigenvalue weighted by atomic mass is 10.2. The van der Waals surface area contributed by atoms with Crippen LogP contribution in [0, 0.1) is 11.6 Å². The molecule has 18 heavy (non-hydrogen) atoms. The maximum absolute atomic E-state index is 13.3. The number of anilines is 1. The third kappa shape index (κ3) is 2.98. The molecule has 2 nitrogen and oxygen atoms in total. The van der Waals surface area contributed by atoms with Crippen molar-refractivity contribution in [3.63, 3.8) is 0 Å². The average Bonchev–Trinajstić information content (AvgIpc) is 2.30.